The molecule has 2 amide bonds. The molecule has 1 aliphatic heterocycles. The molecule has 1 aliphatic rings. The van der Waals surface area contributed by atoms with E-state index in [1.807, 2.05) is 4.90 Å². The van der Waals surface area contributed by atoms with Crippen LogP contribution in [0.2, 0.25) is 0 Å². The summed E-state index contributed by atoms with van der Waals surface area (Å²) in [6, 6.07) is 6.59. The van der Waals surface area contributed by atoms with Gasteiger partial charge in [-0.05, 0) is 44.4 Å². The number of piperidine rings is 1. The van der Waals surface area contributed by atoms with Gasteiger partial charge in [0.15, 0.2) is 0 Å². The Balaban J connectivity index is 1.71. The summed E-state index contributed by atoms with van der Waals surface area (Å²) in [5.41, 5.74) is 5.21. The third-order valence-corrected chi connectivity index (χ3v) is 4.84. The molecule has 23 heavy (non-hydrogen) atoms. The van der Waals surface area contributed by atoms with Gasteiger partial charge in [0.2, 0.25) is 0 Å². The lowest BCUT2D eigenvalue weighted by atomic mass is 9.91. The molecule has 122 valence electrons. The van der Waals surface area contributed by atoms with Crippen LogP contribution in [-0.4, -0.2) is 35.5 Å². The largest absolute Gasteiger partial charge is 0.358 e. The van der Waals surface area contributed by atoms with Crippen molar-refractivity contribution in [3.63, 3.8) is 0 Å². The minimum Gasteiger partial charge on any atom is -0.358 e. The number of hydrogen-bond donors (Lipinski definition) is 2. The summed E-state index contributed by atoms with van der Waals surface area (Å²) in [4.78, 5) is 17.5. The van der Waals surface area contributed by atoms with Gasteiger partial charge >= 0.3 is 6.03 Å². The molecule has 0 bridgehead atoms. The smallest absolute Gasteiger partial charge is 0.317 e. The molecule has 0 aliphatic carbocycles. The third kappa shape index (κ3) is 3.11. The number of rotatable bonds is 3. The maximum atomic E-state index is 12.0. The summed E-state index contributed by atoms with van der Waals surface area (Å²) >= 11 is 0. The second kappa shape index (κ2) is 6.49. The van der Waals surface area contributed by atoms with Crippen LogP contribution < -0.4 is 5.32 Å². The van der Waals surface area contributed by atoms with E-state index in [4.69, 9.17) is 0 Å². The van der Waals surface area contributed by atoms with E-state index in [0.29, 0.717) is 12.5 Å². The summed E-state index contributed by atoms with van der Waals surface area (Å²) in [5.74, 6) is 0.506. The molecule has 0 radical (unpaired) electrons. The van der Waals surface area contributed by atoms with Gasteiger partial charge in [0.25, 0.3) is 0 Å². The molecule has 4 heteroatoms. The van der Waals surface area contributed by atoms with Crippen LogP contribution in [0.15, 0.2) is 30.9 Å². The SMILES string of the molecule is C=CCNC(=O)N1CCC(c2[nH]c3ccc(C)cc3c2C)CC1. The number of amides is 2. The summed E-state index contributed by atoms with van der Waals surface area (Å²) in [7, 11) is 0. The van der Waals surface area contributed by atoms with Gasteiger partial charge in [-0.25, -0.2) is 4.79 Å². The van der Waals surface area contributed by atoms with E-state index in [9.17, 15) is 4.79 Å². The van der Waals surface area contributed by atoms with Gasteiger partial charge in [-0.3, -0.25) is 0 Å². The minimum atomic E-state index is 0.0207. The number of aryl methyl sites for hydroxylation is 2. The molecule has 0 spiro atoms. The average Bonchev–Trinajstić information content (AvgIpc) is 2.89. The molecule has 0 saturated carbocycles. The van der Waals surface area contributed by atoms with E-state index < -0.39 is 0 Å². The van der Waals surface area contributed by atoms with Crippen LogP contribution >= 0.6 is 0 Å². The number of carbonyl (C=O) groups is 1. The van der Waals surface area contributed by atoms with Gasteiger partial charge in [-0.2, -0.15) is 0 Å². The fourth-order valence-electron chi connectivity index (χ4n) is 3.51. The second-order valence-electron chi connectivity index (χ2n) is 6.45. The molecular weight excluding hydrogens is 286 g/mol. The first-order valence-electron chi connectivity index (χ1n) is 8.32. The Morgan fingerprint density at radius 2 is 2.13 bits per heavy atom. The molecule has 0 unspecified atom stereocenters. The number of fused-ring (bicyclic) bond motifs is 1. The molecule has 1 aromatic carbocycles. The van der Waals surface area contributed by atoms with Crippen LogP contribution in [0.5, 0.6) is 0 Å². The van der Waals surface area contributed by atoms with Crippen molar-refractivity contribution in [1.82, 2.24) is 15.2 Å². The lowest BCUT2D eigenvalue weighted by Crippen LogP contribution is -2.44. The number of aromatic amines is 1. The van der Waals surface area contributed by atoms with Crippen molar-refractivity contribution in [2.45, 2.75) is 32.6 Å². The van der Waals surface area contributed by atoms with E-state index >= 15 is 0 Å². The number of hydrogen-bond acceptors (Lipinski definition) is 1. The van der Waals surface area contributed by atoms with Gasteiger partial charge in [0, 0.05) is 42.1 Å². The molecule has 1 fully saturated rings. The topological polar surface area (TPSA) is 48.1 Å². The molecule has 2 heterocycles. The van der Waals surface area contributed by atoms with Crippen molar-refractivity contribution in [3.8, 4) is 0 Å². The van der Waals surface area contributed by atoms with Crippen molar-refractivity contribution >= 4 is 16.9 Å². The highest BCUT2D eigenvalue weighted by Gasteiger charge is 2.26. The number of likely N-dealkylation sites (tertiary alicyclic amines) is 1. The Labute approximate surface area is 137 Å². The van der Waals surface area contributed by atoms with Crippen LogP contribution in [0.4, 0.5) is 4.79 Å². The maximum absolute atomic E-state index is 12.0. The third-order valence-electron chi connectivity index (χ3n) is 4.84. The van der Waals surface area contributed by atoms with E-state index in [1.165, 1.54) is 27.7 Å². The van der Waals surface area contributed by atoms with Crippen LogP contribution in [0.25, 0.3) is 10.9 Å². The summed E-state index contributed by atoms with van der Waals surface area (Å²) in [6.07, 6.45) is 3.72. The number of H-pyrrole nitrogens is 1. The highest BCUT2D eigenvalue weighted by atomic mass is 16.2. The van der Waals surface area contributed by atoms with Crippen LogP contribution in [0, 0.1) is 13.8 Å². The Hall–Kier alpha value is -2.23. The second-order valence-corrected chi connectivity index (χ2v) is 6.45. The van der Waals surface area contributed by atoms with Gasteiger partial charge in [-0.1, -0.05) is 17.7 Å². The van der Waals surface area contributed by atoms with E-state index in [-0.39, 0.29) is 6.03 Å². The molecule has 1 aromatic heterocycles. The molecule has 3 rings (SSSR count). The maximum Gasteiger partial charge on any atom is 0.317 e. The monoisotopic (exact) mass is 311 g/mol. The van der Waals surface area contributed by atoms with E-state index in [0.717, 1.165) is 25.9 Å². The standard InChI is InChI=1S/C19H25N3O/c1-4-9-20-19(23)22-10-7-15(8-11-22)18-14(3)16-12-13(2)5-6-17(16)21-18/h4-6,12,15,21H,1,7-11H2,2-3H3,(H,20,23). The van der Waals surface area contributed by atoms with Crippen LogP contribution in [-0.2, 0) is 0 Å². The zero-order valence-corrected chi connectivity index (χ0v) is 14.0. The predicted octanol–water partition coefficient (Wildman–Crippen LogP) is 3.86. The Bertz CT molecular complexity index is 724. The first-order chi connectivity index (χ1) is 11.1. The van der Waals surface area contributed by atoms with Gasteiger partial charge in [-0.15, -0.1) is 6.58 Å². The lowest BCUT2D eigenvalue weighted by Gasteiger charge is -2.32. The van der Waals surface area contributed by atoms with Crippen LogP contribution in [0.3, 0.4) is 0 Å². The highest BCUT2D eigenvalue weighted by Crippen LogP contribution is 2.33. The van der Waals surface area contributed by atoms with Crippen molar-refractivity contribution < 1.29 is 4.79 Å². The minimum absolute atomic E-state index is 0.0207. The fourth-order valence-corrected chi connectivity index (χ4v) is 3.51. The predicted molar refractivity (Wildman–Crippen MR) is 94.9 cm³/mol. The van der Waals surface area contributed by atoms with Crippen molar-refractivity contribution in [2.24, 2.45) is 0 Å². The number of nitrogens with zero attached hydrogens (tertiary/aromatic N) is 1. The fraction of sp³-hybridized carbons (Fsp3) is 0.421. The number of benzene rings is 1. The van der Waals surface area contributed by atoms with Gasteiger partial charge in [0.05, 0.1) is 0 Å². The molecule has 4 nitrogen and oxygen atoms in total. The van der Waals surface area contributed by atoms with E-state index in [2.05, 4.69) is 48.9 Å². The summed E-state index contributed by atoms with van der Waals surface area (Å²) in [5, 5.41) is 4.18. The number of aromatic nitrogens is 1. The Morgan fingerprint density at radius 1 is 1.39 bits per heavy atom. The molecule has 2 N–H and O–H groups in total. The zero-order chi connectivity index (χ0) is 16.4. The summed E-state index contributed by atoms with van der Waals surface area (Å²) in [6.45, 7) is 10.1. The average molecular weight is 311 g/mol. The highest BCUT2D eigenvalue weighted by molar-refractivity contribution is 5.85. The van der Waals surface area contributed by atoms with Crippen molar-refractivity contribution in [3.05, 3.63) is 47.7 Å². The van der Waals surface area contributed by atoms with Crippen LogP contribution in [0.1, 0.15) is 35.6 Å². The number of urea groups is 1. The quantitative estimate of drug-likeness (QED) is 0.831. The Morgan fingerprint density at radius 3 is 2.83 bits per heavy atom. The summed E-state index contributed by atoms with van der Waals surface area (Å²) < 4.78 is 0. The van der Waals surface area contributed by atoms with Crippen molar-refractivity contribution in [2.75, 3.05) is 19.6 Å². The molecular formula is C19H25N3O. The lowest BCUT2D eigenvalue weighted by molar-refractivity contribution is 0.182. The zero-order valence-electron chi connectivity index (χ0n) is 14.0. The molecule has 2 aromatic rings. The van der Waals surface area contributed by atoms with Gasteiger partial charge < -0.3 is 15.2 Å². The van der Waals surface area contributed by atoms with Crippen molar-refractivity contribution in [1.29, 1.82) is 0 Å². The first kappa shape index (κ1) is 15.7. The first-order valence-corrected chi connectivity index (χ1v) is 8.32. The molecule has 1 saturated heterocycles. The van der Waals surface area contributed by atoms with E-state index in [1.54, 1.807) is 6.08 Å². The Kier molecular flexibility index (Phi) is 4.42. The number of carbonyl (C=O) groups excluding carboxylic acids is 1. The normalized spacial score (nSPS) is 15.8. The van der Waals surface area contributed by atoms with Gasteiger partial charge in [0.1, 0.15) is 0 Å². The molecule has 0 atom stereocenters. The number of nitrogens with one attached hydrogen (secondary N) is 2.